The second kappa shape index (κ2) is 7.91. The Morgan fingerprint density at radius 2 is 1.59 bits per heavy atom. The molecule has 0 bridgehead atoms. The van der Waals surface area contributed by atoms with Crippen molar-refractivity contribution in [1.29, 1.82) is 0 Å². The molecule has 0 atom stereocenters. The lowest BCUT2D eigenvalue weighted by Crippen LogP contribution is -2.12. The zero-order valence-corrected chi connectivity index (χ0v) is 16.1. The summed E-state index contributed by atoms with van der Waals surface area (Å²) < 4.78 is 0. The highest BCUT2D eigenvalue weighted by atomic mass is 16.1. The maximum Gasteiger partial charge on any atom is 0.255 e. The lowest BCUT2D eigenvalue weighted by atomic mass is 10.1. The van der Waals surface area contributed by atoms with Crippen LogP contribution in [0.3, 0.4) is 0 Å². The van der Waals surface area contributed by atoms with E-state index in [9.17, 15) is 4.79 Å². The number of aromatic nitrogens is 1. The molecule has 0 unspecified atom stereocenters. The molecule has 5 heteroatoms. The van der Waals surface area contributed by atoms with Crippen molar-refractivity contribution in [2.75, 3.05) is 29.6 Å². The van der Waals surface area contributed by atoms with E-state index in [0.29, 0.717) is 11.4 Å². The number of anilines is 4. The van der Waals surface area contributed by atoms with E-state index in [1.807, 2.05) is 75.3 Å². The van der Waals surface area contributed by atoms with Crippen molar-refractivity contribution in [2.45, 2.75) is 13.8 Å². The van der Waals surface area contributed by atoms with Crippen LogP contribution in [-0.4, -0.2) is 25.0 Å². The number of hydrogen-bond donors (Lipinski definition) is 2. The summed E-state index contributed by atoms with van der Waals surface area (Å²) in [4.78, 5) is 18.9. The van der Waals surface area contributed by atoms with Crippen molar-refractivity contribution in [3.63, 3.8) is 0 Å². The summed E-state index contributed by atoms with van der Waals surface area (Å²) in [6.45, 7) is 4.08. The largest absolute Gasteiger partial charge is 0.378 e. The third kappa shape index (κ3) is 4.64. The van der Waals surface area contributed by atoms with Crippen LogP contribution in [0.4, 0.5) is 22.9 Å². The Bertz CT molecular complexity index is 949. The van der Waals surface area contributed by atoms with E-state index in [4.69, 9.17) is 0 Å². The van der Waals surface area contributed by atoms with Crippen LogP contribution >= 0.6 is 0 Å². The van der Waals surface area contributed by atoms with Crippen molar-refractivity contribution >= 4 is 28.8 Å². The summed E-state index contributed by atoms with van der Waals surface area (Å²) in [5.41, 5.74) is 5.72. The van der Waals surface area contributed by atoms with Crippen LogP contribution in [-0.2, 0) is 0 Å². The van der Waals surface area contributed by atoms with Crippen LogP contribution in [0, 0.1) is 13.8 Å². The van der Waals surface area contributed by atoms with E-state index < -0.39 is 0 Å². The van der Waals surface area contributed by atoms with Gasteiger partial charge in [0.15, 0.2) is 0 Å². The van der Waals surface area contributed by atoms with E-state index in [2.05, 4.69) is 15.6 Å². The van der Waals surface area contributed by atoms with Gasteiger partial charge in [-0.1, -0.05) is 6.07 Å². The van der Waals surface area contributed by atoms with Gasteiger partial charge in [0.25, 0.3) is 5.91 Å². The third-order valence-corrected chi connectivity index (χ3v) is 4.44. The van der Waals surface area contributed by atoms with Gasteiger partial charge in [-0.3, -0.25) is 4.79 Å². The van der Waals surface area contributed by atoms with Crippen molar-refractivity contribution in [3.8, 4) is 0 Å². The molecule has 2 aromatic carbocycles. The molecule has 138 valence electrons. The lowest BCUT2D eigenvalue weighted by Gasteiger charge is -2.13. The van der Waals surface area contributed by atoms with Crippen molar-refractivity contribution in [1.82, 2.24) is 4.98 Å². The van der Waals surface area contributed by atoms with Gasteiger partial charge >= 0.3 is 0 Å². The minimum Gasteiger partial charge on any atom is -0.378 e. The molecule has 2 N–H and O–H groups in total. The fourth-order valence-electron chi connectivity index (χ4n) is 2.65. The molecular weight excluding hydrogens is 336 g/mol. The van der Waals surface area contributed by atoms with E-state index in [1.54, 1.807) is 18.3 Å². The summed E-state index contributed by atoms with van der Waals surface area (Å²) in [5.74, 6) is 0.465. The molecule has 3 rings (SSSR count). The summed E-state index contributed by atoms with van der Waals surface area (Å²) in [5, 5.41) is 6.17. The van der Waals surface area contributed by atoms with Crippen LogP contribution in [0.15, 0.2) is 60.8 Å². The highest BCUT2D eigenvalue weighted by molar-refractivity contribution is 6.04. The highest BCUT2D eigenvalue weighted by Gasteiger charge is 2.08. The van der Waals surface area contributed by atoms with Gasteiger partial charge in [-0.05, 0) is 73.5 Å². The van der Waals surface area contributed by atoms with Gasteiger partial charge in [-0.2, -0.15) is 0 Å². The fraction of sp³-hybridized carbons (Fsp3) is 0.182. The Hall–Kier alpha value is -3.34. The minimum atomic E-state index is -0.161. The first-order valence-electron chi connectivity index (χ1n) is 8.81. The number of carbonyl (C=O) groups excluding carboxylic acids is 1. The molecule has 0 aliphatic heterocycles. The van der Waals surface area contributed by atoms with Crippen LogP contribution < -0.4 is 15.5 Å². The molecule has 0 aliphatic rings. The fourth-order valence-corrected chi connectivity index (χ4v) is 2.65. The standard InChI is InChI=1S/C22H24N4O/c1-15-5-6-19(13-16(15)2)25-22(27)17-11-12-23-21(14-17)24-18-7-9-20(10-8-18)26(3)4/h5-14H,1-4H3,(H,23,24)(H,25,27). The van der Waals surface area contributed by atoms with Crippen LogP contribution in [0.5, 0.6) is 0 Å². The van der Waals surface area contributed by atoms with Crippen molar-refractivity contribution in [2.24, 2.45) is 0 Å². The molecule has 0 saturated carbocycles. The highest BCUT2D eigenvalue weighted by Crippen LogP contribution is 2.20. The number of carbonyl (C=O) groups is 1. The number of benzene rings is 2. The van der Waals surface area contributed by atoms with Crippen molar-refractivity contribution < 1.29 is 4.79 Å². The number of amides is 1. The smallest absolute Gasteiger partial charge is 0.255 e. The molecule has 0 radical (unpaired) electrons. The minimum absolute atomic E-state index is 0.161. The molecular formula is C22H24N4O. The average Bonchev–Trinajstić information content (AvgIpc) is 2.65. The van der Waals surface area contributed by atoms with Gasteiger partial charge in [0.2, 0.25) is 0 Å². The van der Waals surface area contributed by atoms with E-state index >= 15 is 0 Å². The Kier molecular flexibility index (Phi) is 5.41. The zero-order chi connectivity index (χ0) is 19.4. The second-order valence-electron chi connectivity index (χ2n) is 6.75. The molecule has 1 aromatic heterocycles. The molecule has 0 aliphatic carbocycles. The lowest BCUT2D eigenvalue weighted by molar-refractivity contribution is 0.102. The molecule has 3 aromatic rings. The van der Waals surface area contributed by atoms with Gasteiger partial charge in [-0.15, -0.1) is 0 Å². The molecule has 1 amide bonds. The molecule has 1 heterocycles. The van der Waals surface area contributed by atoms with E-state index in [-0.39, 0.29) is 5.91 Å². The number of aryl methyl sites for hydroxylation is 2. The Balaban J connectivity index is 1.72. The topological polar surface area (TPSA) is 57.3 Å². The second-order valence-corrected chi connectivity index (χ2v) is 6.75. The molecule has 0 saturated heterocycles. The number of hydrogen-bond acceptors (Lipinski definition) is 4. The normalized spacial score (nSPS) is 10.4. The third-order valence-electron chi connectivity index (χ3n) is 4.44. The molecule has 0 spiro atoms. The maximum absolute atomic E-state index is 12.6. The molecule has 27 heavy (non-hydrogen) atoms. The number of nitrogens with zero attached hydrogens (tertiary/aromatic N) is 2. The summed E-state index contributed by atoms with van der Waals surface area (Å²) in [7, 11) is 4.00. The Morgan fingerprint density at radius 1 is 0.889 bits per heavy atom. The molecule has 0 fully saturated rings. The molecule has 5 nitrogen and oxygen atoms in total. The van der Waals surface area contributed by atoms with Crippen molar-refractivity contribution in [3.05, 3.63) is 77.5 Å². The Labute approximate surface area is 160 Å². The zero-order valence-electron chi connectivity index (χ0n) is 16.1. The summed E-state index contributed by atoms with van der Waals surface area (Å²) >= 11 is 0. The van der Waals surface area contributed by atoms with Gasteiger partial charge in [0.05, 0.1) is 0 Å². The van der Waals surface area contributed by atoms with Gasteiger partial charge in [-0.25, -0.2) is 4.98 Å². The first-order chi connectivity index (χ1) is 12.9. The van der Waals surface area contributed by atoms with Crippen LogP contribution in [0.25, 0.3) is 0 Å². The monoisotopic (exact) mass is 360 g/mol. The van der Waals surface area contributed by atoms with E-state index in [1.165, 1.54) is 5.56 Å². The van der Waals surface area contributed by atoms with Crippen LogP contribution in [0.1, 0.15) is 21.5 Å². The maximum atomic E-state index is 12.6. The van der Waals surface area contributed by atoms with Gasteiger partial charge < -0.3 is 15.5 Å². The summed E-state index contributed by atoms with van der Waals surface area (Å²) in [6.07, 6.45) is 1.63. The van der Waals surface area contributed by atoms with Gasteiger partial charge in [0, 0.05) is 42.9 Å². The van der Waals surface area contributed by atoms with Gasteiger partial charge in [0.1, 0.15) is 5.82 Å². The first-order valence-corrected chi connectivity index (χ1v) is 8.81. The average molecular weight is 360 g/mol. The number of nitrogens with one attached hydrogen (secondary N) is 2. The SMILES string of the molecule is Cc1ccc(NC(=O)c2ccnc(Nc3ccc(N(C)C)cc3)c2)cc1C. The summed E-state index contributed by atoms with van der Waals surface area (Å²) in [6, 6.07) is 17.4. The first kappa shape index (κ1) is 18.5. The Morgan fingerprint density at radius 3 is 2.26 bits per heavy atom. The van der Waals surface area contributed by atoms with E-state index in [0.717, 1.165) is 22.6 Å². The number of rotatable bonds is 5. The predicted octanol–water partition coefficient (Wildman–Crippen LogP) is 4.76. The number of pyridine rings is 1. The van der Waals surface area contributed by atoms with Crippen LogP contribution in [0.2, 0.25) is 0 Å². The quantitative estimate of drug-likeness (QED) is 0.689. The predicted molar refractivity (Wildman–Crippen MR) is 112 cm³/mol.